The summed E-state index contributed by atoms with van der Waals surface area (Å²) < 4.78 is 0. The number of aliphatic carboxylic acids is 1. The summed E-state index contributed by atoms with van der Waals surface area (Å²) >= 11 is 1.32. The summed E-state index contributed by atoms with van der Waals surface area (Å²) in [5.74, 6) is -0.839. The van der Waals surface area contributed by atoms with Crippen LogP contribution in [0, 0.1) is 11.3 Å². The molecule has 0 bridgehead atoms. The number of carbonyl (C=O) groups is 2. The van der Waals surface area contributed by atoms with Crippen molar-refractivity contribution in [3.05, 3.63) is 16.6 Å². The molecule has 1 N–H and O–H groups in total. The highest BCUT2D eigenvalue weighted by Crippen LogP contribution is 2.34. The van der Waals surface area contributed by atoms with Gasteiger partial charge >= 0.3 is 5.97 Å². The number of rotatable bonds is 3. The molecular formula is C13H18N2O3S. The molecule has 0 radical (unpaired) electrons. The lowest BCUT2D eigenvalue weighted by Gasteiger charge is -2.39. The van der Waals surface area contributed by atoms with Gasteiger partial charge in [0.2, 0.25) is 0 Å². The molecule has 0 aromatic carbocycles. The third-order valence-corrected chi connectivity index (χ3v) is 4.68. The minimum atomic E-state index is -0.801. The Hall–Kier alpha value is -1.43. The minimum absolute atomic E-state index is 0.00405. The Balaban J connectivity index is 2.09. The molecular weight excluding hydrogens is 264 g/mol. The molecule has 1 aliphatic rings. The van der Waals surface area contributed by atoms with E-state index in [4.69, 9.17) is 0 Å². The second kappa shape index (κ2) is 5.28. The summed E-state index contributed by atoms with van der Waals surface area (Å²) in [6.45, 7) is 4.68. The summed E-state index contributed by atoms with van der Waals surface area (Å²) in [5, 5.41) is 9.29. The largest absolute Gasteiger partial charge is 0.481 e. The van der Waals surface area contributed by atoms with Crippen LogP contribution in [-0.4, -0.2) is 40.0 Å². The predicted molar refractivity (Wildman–Crippen MR) is 72.2 cm³/mol. The third kappa shape index (κ3) is 2.78. The van der Waals surface area contributed by atoms with Crippen LogP contribution in [0.1, 0.15) is 36.4 Å². The number of amides is 1. The average molecular weight is 282 g/mol. The summed E-state index contributed by atoms with van der Waals surface area (Å²) in [6.07, 6.45) is 3.27. The molecule has 1 saturated heterocycles. The van der Waals surface area contributed by atoms with E-state index in [0.717, 1.165) is 12.8 Å². The zero-order valence-corrected chi connectivity index (χ0v) is 11.9. The third-order valence-electron chi connectivity index (χ3n) is 3.92. The van der Waals surface area contributed by atoms with Crippen LogP contribution in [0.25, 0.3) is 0 Å². The number of likely N-dealkylation sites (tertiary alicyclic amines) is 1. The molecule has 1 amide bonds. The van der Waals surface area contributed by atoms with Crippen molar-refractivity contribution in [2.45, 2.75) is 26.7 Å². The molecule has 5 nitrogen and oxygen atoms in total. The molecule has 0 saturated carbocycles. The molecule has 2 rings (SSSR count). The van der Waals surface area contributed by atoms with Gasteiger partial charge < -0.3 is 10.0 Å². The maximum atomic E-state index is 12.3. The van der Waals surface area contributed by atoms with Crippen molar-refractivity contribution in [3.63, 3.8) is 0 Å². The van der Waals surface area contributed by atoms with Crippen molar-refractivity contribution < 1.29 is 14.7 Å². The number of carboxylic acid groups (broad SMARTS) is 1. The fourth-order valence-electron chi connectivity index (χ4n) is 2.40. The van der Waals surface area contributed by atoms with Gasteiger partial charge in [0.25, 0.3) is 5.91 Å². The van der Waals surface area contributed by atoms with Crippen LogP contribution < -0.4 is 0 Å². The molecule has 1 atom stereocenters. The Kier molecular flexibility index (Phi) is 3.89. The van der Waals surface area contributed by atoms with E-state index >= 15 is 0 Å². The molecule has 1 aromatic rings. The maximum Gasteiger partial charge on any atom is 0.309 e. The number of hydrogen-bond donors (Lipinski definition) is 1. The van der Waals surface area contributed by atoms with E-state index in [2.05, 4.69) is 4.98 Å². The quantitative estimate of drug-likeness (QED) is 0.921. The fourth-order valence-corrected chi connectivity index (χ4v) is 2.99. The van der Waals surface area contributed by atoms with E-state index in [-0.39, 0.29) is 11.8 Å². The van der Waals surface area contributed by atoms with E-state index in [1.807, 2.05) is 0 Å². The topological polar surface area (TPSA) is 70.5 Å². The normalized spacial score (nSPS) is 20.3. The number of thiazole rings is 1. The second-order valence-corrected chi connectivity index (χ2v) is 6.37. The standard InChI is InChI=1S/C13H18N2O3S/c1-13(2,12(17)18)9-4-3-5-15(7-9)11(16)10-6-14-8-19-10/h6,8-9H,3-5,7H2,1-2H3,(H,17,18). The van der Waals surface area contributed by atoms with Crippen LogP contribution >= 0.6 is 11.3 Å². The van der Waals surface area contributed by atoms with Gasteiger partial charge in [-0.2, -0.15) is 0 Å². The second-order valence-electron chi connectivity index (χ2n) is 5.48. The Bertz CT molecular complexity index is 470. The molecule has 1 aliphatic heterocycles. The van der Waals surface area contributed by atoms with Crippen LogP contribution in [0.15, 0.2) is 11.7 Å². The lowest BCUT2D eigenvalue weighted by atomic mass is 9.74. The van der Waals surface area contributed by atoms with Crippen molar-refractivity contribution >= 4 is 23.2 Å². The highest BCUT2D eigenvalue weighted by molar-refractivity contribution is 7.11. The highest BCUT2D eigenvalue weighted by atomic mass is 32.1. The highest BCUT2D eigenvalue weighted by Gasteiger charge is 2.40. The average Bonchev–Trinajstić information content (AvgIpc) is 2.91. The number of hydrogen-bond acceptors (Lipinski definition) is 4. The van der Waals surface area contributed by atoms with E-state index < -0.39 is 11.4 Å². The summed E-state index contributed by atoms with van der Waals surface area (Å²) in [7, 11) is 0. The van der Waals surface area contributed by atoms with Crippen molar-refractivity contribution in [1.29, 1.82) is 0 Å². The monoisotopic (exact) mass is 282 g/mol. The Labute approximate surface area is 116 Å². The fraction of sp³-hybridized carbons (Fsp3) is 0.615. The van der Waals surface area contributed by atoms with Gasteiger partial charge in [0.1, 0.15) is 4.88 Å². The lowest BCUT2D eigenvalue weighted by Crippen LogP contribution is -2.46. The van der Waals surface area contributed by atoms with Gasteiger partial charge in [-0.05, 0) is 32.6 Å². The zero-order chi connectivity index (χ0) is 14.0. The summed E-state index contributed by atoms with van der Waals surface area (Å²) in [6, 6.07) is 0. The predicted octanol–water partition coefficient (Wildman–Crippen LogP) is 2.11. The Morgan fingerprint density at radius 3 is 2.84 bits per heavy atom. The molecule has 0 aliphatic carbocycles. The Morgan fingerprint density at radius 1 is 1.53 bits per heavy atom. The van der Waals surface area contributed by atoms with E-state index in [1.54, 1.807) is 30.5 Å². The van der Waals surface area contributed by atoms with Crippen LogP contribution in [0.3, 0.4) is 0 Å². The lowest BCUT2D eigenvalue weighted by molar-refractivity contribution is -0.151. The van der Waals surface area contributed by atoms with Crippen molar-refractivity contribution in [1.82, 2.24) is 9.88 Å². The molecule has 1 unspecified atom stereocenters. The van der Waals surface area contributed by atoms with Gasteiger partial charge in [-0.25, -0.2) is 0 Å². The van der Waals surface area contributed by atoms with Gasteiger partial charge in [-0.1, -0.05) is 0 Å². The van der Waals surface area contributed by atoms with Gasteiger partial charge in [-0.3, -0.25) is 14.6 Å². The number of aromatic nitrogens is 1. The van der Waals surface area contributed by atoms with Crippen LogP contribution in [0.2, 0.25) is 0 Å². The first-order chi connectivity index (χ1) is 8.93. The van der Waals surface area contributed by atoms with Crippen molar-refractivity contribution in [3.8, 4) is 0 Å². The summed E-state index contributed by atoms with van der Waals surface area (Å²) in [5.41, 5.74) is 0.836. The van der Waals surface area contributed by atoms with E-state index in [1.165, 1.54) is 11.3 Å². The first kappa shape index (κ1) is 14.0. The molecule has 19 heavy (non-hydrogen) atoms. The molecule has 1 fully saturated rings. The number of carboxylic acids is 1. The number of nitrogens with zero attached hydrogens (tertiary/aromatic N) is 2. The minimum Gasteiger partial charge on any atom is -0.481 e. The number of carbonyl (C=O) groups excluding carboxylic acids is 1. The van der Waals surface area contributed by atoms with Gasteiger partial charge in [0.05, 0.1) is 17.1 Å². The van der Waals surface area contributed by atoms with Crippen LogP contribution in [0.5, 0.6) is 0 Å². The summed E-state index contributed by atoms with van der Waals surface area (Å²) in [4.78, 5) is 29.9. The van der Waals surface area contributed by atoms with Crippen LogP contribution in [-0.2, 0) is 4.79 Å². The smallest absolute Gasteiger partial charge is 0.309 e. The van der Waals surface area contributed by atoms with E-state index in [0.29, 0.717) is 18.0 Å². The van der Waals surface area contributed by atoms with Gasteiger partial charge in [-0.15, -0.1) is 11.3 Å². The van der Waals surface area contributed by atoms with Crippen molar-refractivity contribution in [2.75, 3.05) is 13.1 Å². The number of piperidine rings is 1. The van der Waals surface area contributed by atoms with Crippen LogP contribution in [0.4, 0.5) is 0 Å². The molecule has 1 aromatic heterocycles. The van der Waals surface area contributed by atoms with Gasteiger partial charge in [0.15, 0.2) is 0 Å². The maximum absolute atomic E-state index is 12.3. The SMILES string of the molecule is CC(C)(C(=O)O)C1CCCN(C(=O)c2cncs2)C1. The van der Waals surface area contributed by atoms with Gasteiger partial charge in [0, 0.05) is 13.1 Å². The first-order valence-electron chi connectivity index (χ1n) is 6.34. The van der Waals surface area contributed by atoms with E-state index in [9.17, 15) is 14.7 Å². The molecule has 0 spiro atoms. The van der Waals surface area contributed by atoms with Crippen molar-refractivity contribution in [2.24, 2.45) is 11.3 Å². The molecule has 104 valence electrons. The Morgan fingerprint density at radius 2 is 2.26 bits per heavy atom. The first-order valence-corrected chi connectivity index (χ1v) is 7.22. The molecule has 6 heteroatoms. The molecule has 2 heterocycles. The zero-order valence-electron chi connectivity index (χ0n) is 11.1.